The largest absolute Gasteiger partial charge is 0.399 e. The molecule has 0 fully saturated rings. The number of anilines is 1. The lowest BCUT2D eigenvalue weighted by Gasteiger charge is -2.21. The minimum absolute atomic E-state index is 0.0801. The van der Waals surface area contributed by atoms with Crippen LogP contribution in [0.4, 0.5) is 5.69 Å². The number of benzene rings is 1. The Labute approximate surface area is 131 Å². The third kappa shape index (κ3) is 3.67. The van der Waals surface area contributed by atoms with E-state index < -0.39 is 0 Å². The van der Waals surface area contributed by atoms with Gasteiger partial charge in [0.05, 0.1) is 17.3 Å². The molecule has 0 atom stereocenters. The van der Waals surface area contributed by atoms with Crippen LogP contribution in [0.2, 0.25) is 0 Å². The molecule has 0 unspecified atom stereocenters. The standard InChI is InChI=1S/C17H24N4O/c1-12-15(11-20-21(12)17(2,3)4)16(22)19-10-9-13-5-7-14(18)8-6-13/h5-8,11H,9-10,18H2,1-4H3,(H,19,22). The highest BCUT2D eigenvalue weighted by Crippen LogP contribution is 2.18. The number of nitrogens with two attached hydrogens (primary N) is 1. The molecule has 3 N–H and O–H groups in total. The fourth-order valence-corrected chi connectivity index (χ4v) is 2.41. The van der Waals surface area contributed by atoms with Gasteiger partial charge in [-0.3, -0.25) is 9.48 Å². The second-order valence-corrected chi connectivity index (χ2v) is 6.47. The SMILES string of the molecule is Cc1c(C(=O)NCCc2ccc(N)cc2)cnn1C(C)(C)C. The molecule has 0 bridgehead atoms. The van der Waals surface area contributed by atoms with Crippen LogP contribution in [0.15, 0.2) is 30.5 Å². The molecule has 5 nitrogen and oxygen atoms in total. The summed E-state index contributed by atoms with van der Waals surface area (Å²) in [6, 6.07) is 7.69. The van der Waals surface area contributed by atoms with Crippen molar-refractivity contribution >= 4 is 11.6 Å². The highest BCUT2D eigenvalue weighted by Gasteiger charge is 2.21. The first-order valence-corrected chi connectivity index (χ1v) is 7.47. The first-order chi connectivity index (χ1) is 10.3. The van der Waals surface area contributed by atoms with Crippen LogP contribution in [0, 0.1) is 6.92 Å². The second kappa shape index (κ2) is 6.22. The molecule has 1 aromatic heterocycles. The van der Waals surface area contributed by atoms with Crippen LogP contribution in [0.3, 0.4) is 0 Å². The van der Waals surface area contributed by atoms with E-state index in [2.05, 4.69) is 31.2 Å². The van der Waals surface area contributed by atoms with E-state index in [1.165, 1.54) is 0 Å². The van der Waals surface area contributed by atoms with E-state index >= 15 is 0 Å². The molecule has 0 saturated heterocycles. The lowest BCUT2D eigenvalue weighted by Crippen LogP contribution is -2.28. The Bertz CT molecular complexity index is 650. The predicted octanol–water partition coefficient (Wildman–Crippen LogP) is 2.50. The minimum Gasteiger partial charge on any atom is -0.399 e. The zero-order valence-corrected chi connectivity index (χ0v) is 13.7. The molecule has 1 aromatic carbocycles. The van der Waals surface area contributed by atoms with E-state index in [0.29, 0.717) is 12.1 Å². The van der Waals surface area contributed by atoms with Gasteiger partial charge in [-0.15, -0.1) is 0 Å². The van der Waals surface area contributed by atoms with Gasteiger partial charge in [0.15, 0.2) is 0 Å². The van der Waals surface area contributed by atoms with E-state index in [1.807, 2.05) is 35.9 Å². The molecule has 0 spiro atoms. The average molecular weight is 300 g/mol. The Morgan fingerprint density at radius 2 is 1.91 bits per heavy atom. The molecule has 0 aliphatic carbocycles. The first kappa shape index (κ1) is 16.1. The lowest BCUT2D eigenvalue weighted by atomic mass is 10.1. The van der Waals surface area contributed by atoms with Crippen molar-refractivity contribution in [3.05, 3.63) is 47.3 Å². The van der Waals surface area contributed by atoms with Gasteiger partial charge < -0.3 is 11.1 Å². The molecule has 5 heteroatoms. The average Bonchev–Trinajstić information content (AvgIpc) is 2.83. The monoisotopic (exact) mass is 300 g/mol. The van der Waals surface area contributed by atoms with Crippen molar-refractivity contribution in [1.29, 1.82) is 0 Å². The molecule has 0 aliphatic rings. The second-order valence-electron chi connectivity index (χ2n) is 6.47. The van der Waals surface area contributed by atoms with Crippen molar-refractivity contribution in [3.63, 3.8) is 0 Å². The minimum atomic E-state index is -0.132. The third-order valence-corrected chi connectivity index (χ3v) is 3.57. The molecule has 0 saturated carbocycles. The fraction of sp³-hybridized carbons (Fsp3) is 0.412. The van der Waals surface area contributed by atoms with Gasteiger partial charge >= 0.3 is 0 Å². The number of hydrogen-bond acceptors (Lipinski definition) is 3. The number of carbonyl (C=O) groups is 1. The highest BCUT2D eigenvalue weighted by atomic mass is 16.1. The number of carbonyl (C=O) groups excluding carboxylic acids is 1. The van der Waals surface area contributed by atoms with Crippen LogP contribution in [-0.4, -0.2) is 22.2 Å². The number of aromatic nitrogens is 2. The smallest absolute Gasteiger partial charge is 0.254 e. The molecule has 1 heterocycles. The number of rotatable bonds is 4. The summed E-state index contributed by atoms with van der Waals surface area (Å²) in [4.78, 5) is 12.3. The summed E-state index contributed by atoms with van der Waals surface area (Å²) in [6.45, 7) is 8.71. The van der Waals surface area contributed by atoms with Gasteiger partial charge in [-0.25, -0.2) is 0 Å². The normalized spacial score (nSPS) is 11.5. The molecule has 2 aromatic rings. The molecule has 1 amide bonds. The third-order valence-electron chi connectivity index (χ3n) is 3.57. The maximum Gasteiger partial charge on any atom is 0.254 e. The van der Waals surface area contributed by atoms with E-state index in [9.17, 15) is 4.79 Å². The molecule has 118 valence electrons. The summed E-state index contributed by atoms with van der Waals surface area (Å²) in [6.07, 6.45) is 2.41. The summed E-state index contributed by atoms with van der Waals surface area (Å²) >= 11 is 0. The summed E-state index contributed by atoms with van der Waals surface area (Å²) < 4.78 is 1.88. The number of nitrogens with zero attached hydrogens (tertiary/aromatic N) is 2. The Kier molecular flexibility index (Phi) is 4.54. The molecular weight excluding hydrogens is 276 g/mol. The Morgan fingerprint density at radius 3 is 2.45 bits per heavy atom. The van der Waals surface area contributed by atoms with Gasteiger partial charge in [-0.1, -0.05) is 12.1 Å². The molecule has 22 heavy (non-hydrogen) atoms. The highest BCUT2D eigenvalue weighted by molar-refractivity contribution is 5.95. The Hall–Kier alpha value is -2.30. The van der Waals surface area contributed by atoms with Crippen molar-refractivity contribution in [3.8, 4) is 0 Å². The quantitative estimate of drug-likeness (QED) is 0.852. The molecular formula is C17H24N4O. The number of amides is 1. The topological polar surface area (TPSA) is 72.9 Å². The number of nitrogens with one attached hydrogen (secondary N) is 1. The van der Waals surface area contributed by atoms with Gasteiger partial charge in [0.2, 0.25) is 0 Å². The lowest BCUT2D eigenvalue weighted by molar-refractivity contribution is 0.0953. The predicted molar refractivity (Wildman–Crippen MR) is 88.9 cm³/mol. The Balaban J connectivity index is 1.95. The van der Waals surface area contributed by atoms with Crippen LogP contribution < -0.4 is 11.1 Å². The maximum absolute atomic E-state index is 12.3. The summed E-state index contributed by atoms with van der Waals surface area (Å²) in [7, 11) is 0. The van der Waals surface area contributed by atoms with Gasteiger partial charge in [-0.05, 0) is 51.8 Å². The number of nitrogen functional groups attached to an aromatic ring is 1. The molecule has 2 rings (SSSR count). The van der Waals surface area contributed by atoms with Crippen LogP contribution >= 0.6 is 0 Å². The summed E-state index contributed by atoms with van der Waals surface area (Å²) in [5, 5.41) is 7.27. The first-order valence-electron chi connectivity index (χ1n) is 7.47. The van der Waals surface area contributed by atoms with E-state index in [4.69, 9.17) is 5.73 Å². The van der Waals surface area contributed by atoms with Crippen molar-refractivity contribution in [2.45, 2.75) is 39.7 Å². The van der Waals surface area contributed by atoms with Gasteiger partial charge in [0.25, 0.3) is 5.91 Å². The van der Waals surface area contributed by atoms with Crippen molar-refractivity contribution in [2.75, 3.05) is 12.3 Å². The van der Waals surface area contributed by atoms with E-state index in [0.717, 1.165) is 23.4 Å². The zero-order valence-electron chi connectivity index (χ0n) is 13.7. The van der Waals surface area contributed by atoms with E-state index in [-0.39, 0.29) is 11.4 Å². The van der Waals surface area contributed by atoms with Crippen LogP contribution in [0.1, 0.15) is 42.4 Å². The van der Waals surface area contributed by atoms with Crippen LogP contribution in [0.5, 0.6) is 0 Å². The van der Waals surface area contributed by atoms with Crippen LogP contribution in [-0.2, 0) is 12.0 Å². The van der Waals surface area contributed by atoms with Crippen LogP contribution in [0.25, 0.3) is 0 Å². The fourth-order valence-electron chi connectivity index (χ4n) is 2.41. The van der Waals surface area contributed by atoms with Gasteiger partial charge in [0, 0.05) is 17.9 Å². The summed E-state index contributed by atoms with van der Waals surface area (Å²) in [5.41, 5.74) is 8.94. The van der Waals surface area contributed by atoms with Crippen molar-refractivity contribution in [1.82, 2.24) is 15.1 Å². The van der Waals surface area contributed by atoms with Gasteiger partial charge in [0.1, 0.15) is 0 Å². The van der Waals surface area contributed by atoms with Crippen molar-refractivity contribution in [2.24, 2.45) is 0 Å². The maximum atomic E-state index is 12.3. The van der Waals surface area contributed by atoms with Crippen molar-refractivity contribution < 1.29 is 4.79 Å². The Morgan fingerprint density at radius 1 is 1.27 bits per heavy atom. The molecule has 0 radical (unpaired) electrons. The number of hydrogen-bond donors (Lipinski definition) is 2. The summed E-state index contributed by atoms with van der Waals surface area (Å²) in [5.74, 6) is -0.0801. The van der Waals surface area contributed by atoms with Gasteiger partial charge in [-0.2, -0.15) is 5.10 Å². The van der Waals surface area contributed by atoms with E-state index in [1.54, 1.807) is 6.20 Å². The molecule has 0 aliphatic heterocycles. The zero-order chi connectivity index (χ0) is 16.3.